The van der Waals surface area contributed by atoms with Crippen molar-refractivity contribution >= 4 is 23.2 Å². The quantitative estimate of drug-likeness (QED) is 0.585. The van der Waals surface area contributed by atoms with Gasteiger partial charge in [-0.1, -0.05) is 13.8 Å². The number of aromatic nitrogens is 1. The topological polar surface area (TPSA) is 80.0 Å². The van der Waals surface area contributed by atoms with Gasteiger partial charge in [-0.3, -0.25) is 20.6 Å². The van der Waals surface area contributed by atoms with E-state index in [4.69, 9.17) is 5.73 Å². The smallest absolute Gasteiger partial charge is 0.242 e. The largest absolute Gasteiger partial charge is 0.375 e. The van der Waals surface area contributed by atoms with Crippen LogP contribution in [0.1, 0.15) is 30.9 Å². The number of carbonyl (C=O) groups excluding carboxylic acids is 1. The molecule has 0 aliphatic rings. The molecule has 0 aliphatic heterocycles. The Morgan fingerprint density at radius 3 is 2.54 bits per heavy atom. The van der Waals surface area contributed by atoms with Crippen LogP contribution in [0.15, 0.2) is 36.7 Å². The zero-order chi connectivity index (χ0) is 17.7. The third kappa shape index (κ3) is 4.48. The maximum atomic E-state index is 14.1. The lowest BCUT2D eigenvalue weighted by molar-refractivity contribution is -0.121. The first-order valence-electron chi connectivity index (χ1n) is 7.45. The third-order valence-electron chi connectivity index (χ3n) is 3.52. The predicted molar refractivity (Wildman–Crippen MR) is 95.5 cm³/mol. The number of hydrogen-bond acceptors (Lipinski definition) is 3. The van der Waals surface area contributed by atoms with E-state index in [1.165, 1.54) is 12.1 Å². The number of hydrazine groups is 1. The Bertz CT molecular complexity index is 750. The fraction of sp³-hybridized carbons (Fsp3) is 0.235. The van der Waals surface area contributed by atoms with E-state index < -0.39 is 0 Å². The van der Waals surface area contributed by atoms with Crippen LogP contribution in [0.2, 0.25) is 0 Å². The first kappa shape index (κ1) is 17.8. The number of pyridine rings is 1. The summed E-state index contributed by atoms with van der Waals surface area (Å²) in [7, 11) is 0. The maximum Gasteiger partial charge on any atom is 0.242 e. The van der Waals surface area contributed by atoms with Gasteiger partial charge in [0.2, 0.25) is 5.91 Å². The summed E-state index contributed by atoms with van der Waals surface area (Å²) in [5, 5.41) is -0.0269. The summed E-state index contributed by atoms with van der Waals surface area (Å²) in [6, 6.07) is 6.48. The lowest BCUT2D eigenvalue weighted by atomic mass is 9.88. The van der Waals surface area contributed by atoms with Gasteiger partial charge in [-0.25, -0.2) is 4.39 Å². The Kier molecular flexibility index (Phi) is 5.81. The number of thiocarbonyl (C=S) groups is 1. The molecule has 1 heterocycles. The van der Waals surface area contributed by atoms with Crippen molar-refractivity contribution in [2.75, 3.05) is 0 Å². The van der Waals surface area contributed by atoms with E-state index in [-0.39, 0.29) is 29.2 Å². The van der Waals surface area contributed by atoms with Crippen LogP contribution in [-0.2, 0) is 11.2 Å². The molecule has 1 aromatic carbocycles. The average Bonchev–Trinajstić information content (AvgIpc) is 2.54. The highest BCUT2D eigenvalue weighted by molar-refractivity contribution is 7.80. The van der Waals surface area contributed by atoms with Crippen molar-refractivity contribution in [2.45, 2.75) is 26.2 Å². The second-order valence-electron chi connectivity index (χ2n) is 5.63. The molecule has 7 heteroatoms. The molecule has 0 saturated carbocycles. The molecule has 5 nitrogen and oxygen atoms in total. The summed E-state index contributed by atoms with van der Waals surface area (Å²) in [5.74, 6) is -0.588. The van der Waals surface area contributed by atoms with Gasteiger partial charge in [0.15, 0.2) is 5.11 Å². The molecule has 0 spiro atoms. The number of carbonyl (C=O) groups is 1. The van der Waals surface area contributed by atoms with E-state index in [9.17, 15) is 9.18 Å². The van der Waals surface area contributed by atoms with Crippen LogP contribution < -0.4 is 16.6 Å². The molecule has 0 saturated heterocycles. The predicted octanol–water partition coefficient (Wildman–Crippen LogP) is 2.42. The van der Waals surface area contributed by atoms with E-state index in [2.05, 4.69) is 28.1 Å². The van der Waals surface area contributed by atoms with Gasteiger partial charge in [0, 0.05) is 12.4 Å². The summed E-state index contributed by atoms with van der Waals surface area (Å²) >= 11 is 4.66. The van der Waals surface area contributed by atoms with Gasteiger partial charge >= 0.3 is 0 Å². The second kappa shape index (κ2) is 7.83. The van der Waals surface area contributed by atoms with Crippen LogP contribution in [0.3, 0.4) is 0 Å². The maximum absolute atomic E-state index is 14.1. The number of rotatable bonds is 4. The molecule has 0 fully saturated rings. The van der Waals surface area contributed by atoms with Crippen molar-refractivity contribution in [2.24, 2.45) is 5.73 Å². The monoisotopic (exact) mass is 346 g/mol. The number of benzene rings is 1. The number of amides is 1. The summed E-state index contributed by atoms with van der Waals surface area (Å²) in [6.45, 7) is 3.92. The fourth-order valence-electron chi connectivity index (χ4n) is 2.50. The van der Waals surface area contributed by atoms with Crippen molar-refractivity contribution in [1.82, 2.24) is 15.8 Å². The Balaban J connectivity index is 2.46. The SMILES string of the molecule is CC(C)c1cc(F)cc(-c2ccncc2)c1CC(=O)NNC(N)=S. The number of halogens is 1. The molecule has 126 valence electrons. The van der Waals surface area contributed by atoms with Gasteiger partial charge in [-0.05, 0) is 64.7 Å². The number of nitrogens with one attached hydrogen (secondary N) is 2. The Hall–Kier alpha value is -2.54. The lowest BCUT2D eigenvalue weighted by Crippen LogP contribution is -2.45. The molecular formula is C17H19FN4OS. The molecular weight excluding hydrogens is 327 g/mol. The fourth-order valence-corrected chi connectivity index (χ4v) is 2.55. The first-order chi connectivity index (χ1) is 11.4. The van der Waals surface area contributed by atoms with Crippen LogP contribution in [0, 0.1) is 5.82 Å². The van der Waals surface area contributed by atoms with Crippen LogP contribution in [0.4, 0.5) is 4.39 Å². The normalized spacial score (nSPS) is 10.5. The van der Waals surface area contributed by atoms with Crippen LogP contribution in [0.25, 0.3) is 11.1 Å². The third-order valence-corrected chi connectivity index (χ3v) is 3.63. The number of nitrogens with two attached hydrogens (primary N) is 1. The minimum atomic E-state index is -0.337. The minimum Gasteiger partial charge on any atom is -0.375 e. The van der Waals surface area contributed by atoms with Crippen molar-refractivity contribution in [3.05, 3.63) is 53.6 Å². The van der Waals surface area contributed by atoms with Crippen molar-refractivity contribution < 1.29 is 9.18 Å². The van der Waals surface area contributed by atoms with Gasteiger partial charge in [0.25, 0.3) is 0 Å². The van der Waals surface area contributed by atoms with Crippen LogP contribution >= 0.6 is 12.2 Å². The molecule has 0 aliphatic carbocycles. The average molecular weight is 346 g/mol. The summed E-state index contributed by atoms with van der Waals surface area (Å²) < 4.78 is 14.1. The molecule has 24 heavy (non-hydrogen) atoms. The Morgan fingerprint density at radius 2 is 1.96 bits per heavy atom. The van der Waals surface area contributed by atoms with Crippen molar-refractivity contribution in [3.8, 4) is 11.1 Å². The minimum absolute atomic E-state index is 0.0269. The van der Waals surface area contributed by atoms with E-state index >= 15 is 0 Å². The lowest BCUT2D eigenvalue weighted by Gasteiger charge is -2.18. The number of hydrogen-bond donors (Lipinski definition) is 3. The molecule has 2 rings (SSSR count). The van der Waals surface area contributed by atoms with E-state index in [1.54, 1.807) is 24.5 Å². The number of nitrogens with zero attached hydrogens (tertiary/aromatic N) is 1. The molecule has 2 aromatic rings. The summed E-state index contributed by atoms with van der Waals surface area (Å²) in [4.78, 5) is 16.1. The molecule has 1 amide bonds. The van der Waals surface area contributed by atoms with Crippen molar-refractivity contribution in [1.29, 1.82) is 0 Å². The van der Waals surface area contributed by atoms with Crippen molar-refractivity contribution in [3.63, 3.8) is 0 Å². The Labute approximate surface area is 145 Å². The van der Waals surface area contributed by atoms with Gasteiger partial charge in [-0.2, -0.15) is 0 Å². The zero-order valence-corrected chi connectivity index (χ0v) is 14.3. The highest BCUT2D eigenvalue weighted by Gasteiger charge is 2.18. The van der Waals surface area contributed by atoms with Crippen LogP contribution in [-0.4, -0.2) is 16.0 Å². The van der Waals surface area contributed by atoms with E-state index in [1.807, 2.05) is 13.8 Å². The van der Waals surface area contributed by atoms with Crippen LogP contribution in [0.5, 0.6) is 0 Å². The Morgan fingerprint density at radius 1 is 1.29 bits per heavy atom. The van der Waals surface area contributed by atoms with E-state index in [0.717, 1.165) is 16.7 Å². The van der Waals surface area contributed by atoms with Gasteiger partial charge in [0.05, 0.1) is 6.42 Å². The summed E-state index contributed by atoms with van der Waals surface area (Å²) in [6.07, 6.45) is 3.34. The highest BCUT2D eigenvalue weighted by Crippen LogP contribution is 2.31. The molecule has 0 atom stereocenters. The molecule has 0 radical (unpaired) electrons. The molecule has 1 aromatic heterocycles. The molecule has 0 unspecified atom stereocenters. The second-order valence-corrected chi connectivity index (χ2v) is 6.07. The van der Waals surface area contributed by atoms with Gasteiger partial charge in [-0.15, -0.1) is 0 Å². The standard InChI is InChI=1S/C17H19FN4OS/c1-10(2)13-7-12(18)8-14(11-3-5-20-6-4-11)15(13)9-16(23)21-22-17(19)24/h3-8,10H,9H2,1-2H3,(H,21,23)(H3,19,22,24). The van der Waals surface area contributed by atoms with E-state index in [0.29, 0.717) is 5.56 Å². The molecule has 4 N–H and O–H groups in total. The first-order valence-corrected chi connectivity index (χ1v) is 7.86. The van der Waals surface area contributed by atoms with Gasteiger partial charge in [0.1, 0.15) is 5.82 Å². The van der Waals surface area contributed by atoms with Gasteiger partial charge < -0.3 is 5.73 Å². The summed E-state index contributed by atoms with van der Waals surface area (Å²) in [5.41, 5.74) is 13.2. The molecule has 0 bridgehead atoms. The highest BCUT2D eigenvalue weighted by atomic mass is 32.1. The zero-order valence-electron chi connectivity index (χ0n) is 13.5.